The molecule has 0 aliphatic heterocycles. The van der Waals surface area contributed by atoms with Crippen molar-refractivity contribution < 1.29 is 13.2 Å². The van der Waals surface area contributed by atoms with Crippen LogP contribution in [0.15, 0.2) is 36.4 Å². The van der Waals surface area contributed by atoms with Crippen LogP contribution in [0.4, 0.5) is 18.9 Å². The molecule has 0 bridgehead atoms. The van der Waals surface area contributed by atoms with Crippen molar-refractivity contribution in [3.8, 4) is 11.1 Å². The summed E-state index contributed by atoms with van der Waals surface area (Å²) in [5, 5.41) is 0.0737. The van der Waals surface area contributed by atoms with Gasteiger partial charge >= 0.3 is 6.18 Å². The topological polar surface area (TPSA) is 26.0 Å². The fourth-order valence-electron chi connectivity index (χ4n) is 1.69. The summed E-state index contributed by atoms with van der Waals surface area (Å²) in [6.45, 7) is 0. The molecular formula is C13H8Cl2F3N. The SMILES string of the molecule is Nc1ccc(Cl)cc1-c1ccc(C(F)(F)F)c(Cl)c1. The molecule has 2 N–H and O–H groups in total. The van der Waals surface area contributed by atoms with Crippen molar-refractivity contribution in [1.82, 2.24) is 0 Å². The lowest BCUT2D eigenvalue weighted by molar-refractivity contribution is -0.137. The molecule has 2 aromatic carbocycles. The Labute approximate surface area is 117 Å². The van der Waals surface area contributed by atoms with E-state index >= 15 is 0 Å². The highest BCUT2D eigenvalue weighted by atomic mass is 35.5. The molecule has 2 aromatic rings. The molecule has 0 aliphatic rings. The summed E-state index contributed by atoms with van der Waals surface area (Å²) in [4.78, 5) is 0. The molecule has 0 radical (unpaired) electrons. The van der Waals surface area contributed by atoms with Gasteiger partial charge in [-0.3, -0.25) is 0 Å². The second kappa shape index (κ2) is 4.94. The Bertz CT molecular complexity index is 624. The van der Waals surface area contributed by atoms with Crippen LogP contribution in [0.1, 0.15) is 5.56 Å². The van der Waals surface area contributed by atoms with Gasteiger partial charge in [0.1, 0.15) is 0 Å². The fourth-order valence-corrected chi connectivity index (χ4v) is 2.15. The van der Waals surface area contributed by atoms with E-state index < -0.39 is 11.7 Å². The highest BCUT2D eigenvalue weighted by Gasteiger charge is 2.33. The van der Waals surface area contributed by atoms with Crippen LogP contribution in [0.5, 0.6) is 0 Å². The largest absolute Gasteiger partial charge is 0.417 e. The molecule has 0 heterocycles. The van der Waals surface area contributed by atoms with Crippen LogP contribution in [-0.2, 0) is 6.18 Å². The summed E-state index contributed by atoms with van der Waals surface area (Å²) in [5.41, 5.74) is 6.34. The molecule has 6 heteroatoms. The lowest BCUT2D eigenvalue weighted by Gasteiger charge is -2.11. The average molecular weight is 306 g/mol. The quantitative estimate of drug-likeness (QED) is 0.714. The molecule has 19 heavy (non-hydrogen) atoms. The summed E-state index contributed by atoms with van der Waals surface area (Å²) in [5.74, 6) is 0. The smallest absolute Gasteiger partial charge is 0.398 e. The van der Waals surface area contributed by atoms with Crippen LogP contribution in [0.2, 0.25) is 10.0 Å². The zero-order valence-electron chi connectivity index (χ0n) is 9.43. The maximum atomic E-state index is 12.6. The zero-order valence-corrected chi connectivity index (χ0v) is 10.9. The highest BCUT2D eigenvalue weighted by molar-refractivity contribution is 6.32. The number of nitrogen functional groups attached to an aromatic ring is 1. The van der Waals surface area contributed by atoms with E-state index in [1.54, 1.807) is 18.2 Å². The first-order chi connectivity index (χ1) is 8.79. The molecule has 2 rings (SSSR count). The van der Waals surface area contributed by atoms with Crippen molar-refractivity contribution in [2.45, 2.75) is 6.18 Å². The van der Waals surface area contributed by atoms with Crippen LogP contribution in [0.25, 0.3) is 11.1 Å². The van der Waals surface area contributed by atoms with E-state index in [0.29, 0.717) is 21.8 Å². The van der Waals surface area contributed by atoms with Crippen LogP contribution in [0, 0.1) is 0 Å². The van der Waals surface area contributed by atoms with Gasteiger partial charge < -0.3 is 5.73 Å². The number of anilines is 1. The van der Waals surface area contributed by atoms with Crippen LogP contribution >= 0.6 is 23.2 Å². The molecule has 0 unspecified atom stereocenters. The number of alkyl halides is 3. The summed E-state index contributed by atoms with van der Waals surface area (Å²) in [7, 11) is 0. The second-order valence-electron chi connectivity index (χ2n) is 3.92. The van der Waals surface area contributed by atoms with Crippen LogP contribution < -0.4 is 5.73 Å². The van der Waals surface area contributed by atoms with E-state index in [1.807, 2.05) is 0 Å². The first kappa shape index (κ1) is 14.0. The van der Waals surface area contributed by atoms with Gasteiger partial charge in [0.05, 0.1) is 10.6 Å². The van der Waals surface area contributed by atoms with Crippen LogP contribution in [0.3, 0.4) is 0 Å². The normalized spacial score (nSPS) is 11.6. The fraction of sp³-hybridized carbons (Fsp3) is 0.0769. The van der Waals surface area contributed by atoms with Gasteiger partial charge in [0, 0.05) is 16.3 Å². The molecule has 0 saturated heterocycles. The summed E-state index contributed by atoms with van der Waals surface area (Å²) >= 11 is 11.5. The second-order valence-corrected chi connectivity index (χ2v) is 4.77. The molecule has 0 aliphatic carbocycles. The highest BCUT2D eigenvalue weighted by Crippen LogP contribution is 2.38. The number of benzene rings is 2. The molecule has 0 atom stereocenters. The van der Waals surface area contributed by atoms with Gasteiger partial charge in [0.25, 0.3) is 0 Å². The Morgan fingerprint density at radius 1 is 0.947 bits per heavy atom. The Morgan fingerprint density at radius 2 is 1.63 bits per heavy atom. The minimum atomic E-state index is -4.48. The molecule has 1 nitrogen and oxygen atoms in total. The first-order valence-corrected chi connectivity index (χ1v) is 5.97. The van der Waals surface area contributed by atoms with Crippen molar-refractivity contribution in [3.05, 3.63) is 52.0 Å². The van der Waals surface area contributed by atoms with Gasteiger partial charge in [0.2, 0.25) is 0 Å². The maximum Gasteiger partial charge on any atom is 0.417 e. The van der Waals surface area contributed by atoms with E-state index in [2.05, 4.69) is 0 Å². The molecule has 0 fully saturated rings. The molecular weight excluding hydrogens is 298 g/mol. The van der Waals surface area contributed by atoms with E-state index in [0.717, 1.165) is 6.07 Å². The van der Waals surface area contributed by atoms with Crippen molar-refractivity contribution >= 4 is 28.9 Å². The molecule has 0 amide bonds. The van der Waals surface area contributed by atoms with E-state index in [4.69, 9.17) is 28.9 Å². The number of halogens is 5. The Hall–Kier alpha value is -1.39. The molecule has 0 saturated carbocycles. The number of hydrogen-bond donors (Lipinski definition) is 1. The predicted molar refractivity (Wildman–Crippen MR) is 71.3 cm³/mol. The van der Waals surface area contributed by atoms with Gasteiger partial charge in [-0.2, -0.15) is 13.2 Å². The van der Waals surface area contributed by atoms with Gasteiger partial charge in [-0.05, 0) is 35.9 Å². The maximum absolute atomic E-state index is 12.6. The third kappa shape index (κ3) is 2.96. The first-order valence-electron chi connectivity index (χ1n) is 5.21. The third-order valence-corrected chi connectivity index (χ3v) is 3.15. The number of nitrogens with two attached hydrogens (primary N) is 1. The van der Waals surface area contributed by atoms with Crippen LogP contribution in [-0.4, -0.2) is 0 Å². The van der Waals surface area contributed by atoms with Crippen molar-refractivity contribution in [2.24, 2.45) is 0 Å². The van der Waals surface area contributed by atoms with Crippen molar-refractivity contribution in [1.29, 1.82) is 0 Å². The van der Waals surface area contributed by atoms with Gasteiger partial charge in [-0.15, -0.1) is 0 Å². The lowest BCUT2D eigenvalue weighted by Crippen LogP contribution is -2.05. The predicted octanol–water partition coefficient (Wildman–Crippen LogP) is 5.26. The number of hydrogen-bond acceptors (Lipinski definition) is 1. The molecule has 0 aromatic heterocycles. The Kier molecular flexibility index (Phi) is 3.65. The van der Waals surface area contributed by atoms with E-state index in [1.165, 1.54) is 12.1 Å². The number of rotatable bonds is 1. The Morgan fingerprint density at radius 3 is 2.21 bits per heavy atom. The van der Waals surface area contributed by atoms with E-state index in [9.17, 15) is 13.2 Å². The van der Waals surface area contributed by atoms with Gasteiger partial charge in [-0.25, -0.2) is 0 Å². The zero-order chi connectivity index (χ0) is 14.2. The molecule has 0 spiro atoms. The minimum Gasteiger partial charge on any atom is -0.398 e. The monoisotopic (exact) mass is 305 g/mol. The van der Waals surface area contributed by atoms with Crippen molar-refractivity contribution in [3.63, 3.8) is 0 Å². The van der Waals surface area contributed by atoms with Gasteiger partial charge in [0.15, 0.2) is 0 Å². The Balaban J connectivity index is 2.54. The lowest BCUT2D eigenvalue weighted by atomic mass is 10.0. The van der Waals surface area contributed by atoms with Gasteiger partial charge in [-0.1, -0.05) is 29.3 Å². The average Bonchev–Trinajstić information content (AvgIpc) is 2.30. The minimum absolute atomic E-state index is 0.371. The standard InChI is InChI=1S/C13H8Cl2F3N/c14-8-2-4-12(19)9(6-8)7-1-3-10(11(15)5-7)13(16,17)18/h1-6H,19H2. The third-order valence-electron chi connectivity index (χ3n) is 2.60. The molecule has 100 valence electrons. The summed E-state index contributed by atoms with van der Waals surface area (Å²) in [6, 6.07) is 8.24. The summed E-state index contributed by atoms with van der Waals surface area (Å²) in [6.07, 6.45) is -4.48. The van der Waals surface area contributed by atoms with Crippen molar-refractivity contribution in [2.75, 3.05) is 5.73 Å². The van der Waals surface area contributed by atoms with E-state index in [-0.39, 0.29) is 5.02 Å². The summed E-state index contributed by atoms with van der Waals surface area (Å²) < 4.78 is 37.8.